The molecule has 0 spiro atoms. The van der Waals surface area contributed by atoms with Crippen LogP contribution < -0.4 is 5.32 Å². The van der Waals surface area contributed by atoms with Crippen molar-refractivity contribution < 1.29 is 19.5 Å². The van der Waals surface area contributed by atoms with Crippen LogP contribution in [0.15, 0.2) is 5.16 Å². The van der Waals surface area contributed by atoms with Crippen molar-refractivity contribution >= 4 is 32.4 Å². The molecule has 1 rings (SSSR count). The van der Waals surface area contributed by atoms with Crippen LogP contribution >= 0.6 is 15.9 Å². The van der Waals surface area contributed by atoms with Crippen LogP contribution in [0, 0.1) is 0 Å². The van der Waals surface area contributed by atoms with E-state index in [9.17, 15) is 9.59 Å². The first-order valence-corrected chi connectivity index (χ1v) is 5.16. The van der Waals surface area contributed by atoms with Gasteiger partial charge >= 0.3 is 5.97 Å². The number of amides is 1. The monoisotopic (exact) mass is 278 g/mol. The van der Waals surface area contributed by atoms with E-state index in [1.807, 2.05) is 0 Å². The van der Waals surface area contributed by atoms with Gasteiger partial charge in [0.05, 0.1) is 0 Å². The summed E-state index contributed by atoms with van der Waals surface area (Å²) in [4.78, 5) is 26.5. The molecule has 7 heteroatoms. The number of carboxylic acid groups (broad SMARTS) is 1. The van der Waals surface area contributed by atoms with E-state index in [1.54, 1.807) is 0 Å². The number of hydrogen-bond acceptors (Lipinski definition) is 4. The summed E-state index contributed by atoms with van der Waals surface area (Å²) < 4.78 is 0.652. The minimum absolute atomic E-state index is 0.202. The molecular formula is C8H11BrN2O4. The maximum absolute atomic E-state index is 10.8. The summed E-state index contributed by atoms with van der Waals surface area (Å²) in [5.41, 5.74) is 0. The summed E-state index contributed by atoms with van der Waals surface area (Å²) in [7, 11) is 0. The van der Waals surface area contributed by atoms with Crippen molar-refractivity contribution in [2.45, 2.75) is 31.9 Å². The molecule has 0 aromatic rings. The van der Waals surface area contributed by atoms with E-state index in [0.29, 0.717) is 11.0 Å². The summed E-state index contributed by atoms with van der Waals surface area (Å²) >= 11 is 3.15. The standard InChI is InChI=1S/C8H11BrN2O4/c1-4(12)10-6(8(13)14)2-5-3-7(9)11-15-5/h5-6H,2-3H2,1H3,(H,10,12)(H,13,14)/t5-,6+/m1/s1. The number of carbonyl (C=O) groups excluding carboxylic acids is 1. The van der Waals surface area contributed by atoms with Crippen LogP contribution in [0.1, 0.15) is 19.8 Å². The van der Waals surface area contributed by atoms with Crippen molar-refractivity contribution in [3.63, 3.8) is 0 Å². The highest BCUT2D eigenvalue weighted by molar-refractivity contribution is 9.18. The van der Waals surface area contributed by atoms with Gasteiger partial charge in [-0.05, 0) is 15.9 Å². The van der Waals surface area contributed by atoms with Gasteiger partial charge in [0.15, 0.2) is 0 Å². The molecule has 0 saturated carbocycles. The summed E-state index contributed by atoms with van der Waals surface area (Å²) in [6.07, 6.45) is 0.434. The molecule has 0 bridgehead atoms. The van der Waals surface area contributed by atoms with Gasteiger partial charge in [0.2, 0.25) is 5.91 Å². The van der Waals surface area contributed by atoms with Crippen molar-refractivity contribution in [1.82, 2.24) is 5.32 Å². The van der Waals surface area contributed by atoms with E-state index in [1.165, 1.54) is 6.92 Å². The third-order valence-corrected chi connectivity index (χ3v) is 2.34. The second-order valence-corrected chi connectivity index (χ2v) is 4.14. The van der Waals surface area contributed by atoms with Crippen LogP contribution in [0.25, 0.3) is 0 Å². The van der Waals surface area contributed by atoms with Crippen molar-refractivity contribution in [2.75, 3.05) is 0 Å². The minimum atomic E-state index is -1.07. The van der Waals surface area contributed by atoms with Crippen molar-refractivity contribution in [1.29, 1.82) is 0 Å². The molecule has 2 N–H and O–H groups in total. The highest BCUT2D eigenvalue weighted by atomic mass is 79.9. The average Bonchev–Trinajstić information content (AvgIpc) is 2.49. The predicted molar refractivity (Wildman–Crippen MR) is 55.7 cm³/mol. The number of nitrogens with one attached hydrogen (secondary N) is 1. The van der Waals surface area contributed by atoms with Crippen molar-refractivity contribution in [3.05, 3.63) is 0 Å². The number of oxime groups is 1. The van der Waals surface area contributed by atoms with Crippen LogP contribution in [0.2, 0.25) is 0 Å². The Morgan fingerprint density at radius 1 is 1.80 bits per heavy atom. The molecule has 1 aliphatic rings. The van der Waals surface area contributed by atoms with Gasteiger partial charge in [-0.3, -0.25) is 4.79 Å². The zero-order valence-corrected chi connectivity index (χ0v) is 9.65. The number of aliphatic carboxylic acids is 1. The van der Waals surface area contributed by atoms with Gasteiger partial charge in [0, 0.05) is 19.8 Å². The van der Waals surface area contributed by atoms with E-state index >= 15 is 0 Å². The largest absolute Gasteiger partial charge is 0.480 e. The van der Waals surface area contributed by atoms with Crippen LogP contribution in [-0.4, -0.2) is 33.7 Å². The summed E-state index contributed by atoms with van der Waals surface area (Å²) in [5, 5.41) is 14.8. The highest BCUT2D eigenvalue weighted by Gasteiger charge is 2.28. The second-order valence-electron chi connectivity index (χ2n) is 3.23. The molecule has 0 aromatic heterocycles. The van der Waals surface area contributed by atoms with Gasteiger partial charge in [-0.2, -0.15) is 0 Å². The van der Waals surface area contributed by atoms with E-state index in [0.717, 1.165) is 0 Å². The molecule has 15 heavy (non-hydrogen) atoms. The molecule has 0 unspecified atom stereocenters. The lowest BCUT2D eigenvalue weighted by atomic mass is 10.1. The Morgan fingerprint density at radius 3 is 2.87 bits per heavy atom. The molecule has 0 aliphatic carbocycles. The third kappa shape index (κ3) is 3.86. The first kappa shape index (κ1) is 12.0. The lowest BCUT2D eigenvalue weighted by Crippen LogP contribution is -2.41. The molecule has 0 fully saturated rings. The van der Waals surface area contributed by atoms with E-state index < -0.39 is 12.0 Å². The summed E-state index contributed by atoms with van der Waals surface area (Å²) in [6, 6.07) is -0.930. The first-order chi connectivity index (χ1) is 6.99. The van der Waals surface area contributed by atoms with Gasteiger partial charge in [-0.25, -0.2) is 4.79 Å². The molecule has 84 valence electrons. The maximum atomic E-state index is 10.8. The van der Waals surface area contributed by atoms with Crippen LogP contribution in [0.3, 0.4) is 0 Å². The highest BCUT2D eigenvalue weighted by Crippen LogP contribution is 2.18. The number of rotatable bonds is 4. The molecule has 6 nitrogen and oxygen atoms in total. The molecule has 0 saturated heterocycles. The van der Waals surface area contributed by atoms with Crippen LogP contribution in [0.4, 0.5) is 0 Å². The summed E-state index contributed by atoms with van der Waals surface area (Å²) in [6.45, 7) is 1.28. The molecule has 0 radical (unpaired) electrons. The number of carboxylic acids is 1. The SMILES string of the molecule is CC(=O)N[C@@H](C[C@@H]1CC(Br)=NO1)C(=O)O. The number of hydrogen-bond donors (Lipinski definition) is 2. The van der Waals surface area contributed by atoms with E-state index in [-0.39, 0.29) is 18.4 Å². The lowest BCUT2D eigenvalue weighted by Gasteiger charge is -2.15. The van der Waals surface area contributed by atoms with Crippen molar-refractivity contribution in [3.8, 4) is 0 Å². The maximum Gasteiger partial charge on any atom is 0.326 e. The Bertz CT molecular complexity index is 305. The van der Waals surface area contributed by atoms with Crippen LogP contribution in [0.5, 0.6) is 0 Å². The fourth-order valence-corrected chi connectivity index (χ4v) is 1.69. The van der Waals surface area contributed by atoms with Gasteiger partial charge < -0.3 is 15.3 Å². The fourth-order valence-electron chi connectivity index (χ4n) is 1.25. The van der Waals surface area contributed by atoms with Crippen LogP contribution in [-0.2, 0) is 14.4 Å². The fraction of sp³-hybridized carbons (Fsp3) is 0.625. The number of halogens is 1. The zero-order chi connectivity index (χ0) is 11.4. The minimum Gasteiger partial charge on any atom is -0.480 e. The van der Waals surface area contributed by atoms with E-state index in [2.05, 4.69) is 26.4 Å². The van der Waals surface area contributed by atoms with Gasteiger partial charge in [0.1, 0.15) is 16.8 Å². The lowest BCUT2D eigenvalue weighted by molar-refractivity contribution is -0.142. The Kier molecular flexibility index (Phi) is 4.07. The number of carbonyl (C=O) groups is 2. The van der Waals surface area contributed by atoms with E-state index in [4.69, 9.17) is 9.94 Å². The van der Waals surface area contributed by atoms with Crippen molar-refractivity contribution in [2.24, 2.45) is 5.16 Å². The Balaban J connectivity index is 2.45. The average molecular weight is 279 g/mol. The smallest absolute Gasteiger partial charge is 0.326 e. The van der Waals surface area contributed by atoms with Gasteiger partial charge in [-0.1, -0.05) is 5.16 Å². The summed E-state index contributed by atoms with van der Waals surface area (Å²) in [5.74, 6) is -1.45. The van der Waals surface area contributed by atoms with Gasteiger partial charge in [0.25, 0.3) is 0 Å². The van der Waals surface area contributed by atoms with Gasteiger partial charge in [-0.15, -0.1) is 0 Å². The Hall–Kier alpha value is -1.11. The number of nitrogens with zero attached hydrogens (tertiary/aromatic N) is 1. The molecule has 1 amide bonds. The second kappa shape index (κ2) is 5.11. The Labute approximate surface area is 94.8 Å². The first-order valence-electron chi connectivity index (χ1n) is 4.37. The molecule has 2 atom stereocenters. The quantitative estimate of drug-likeness (QED) is 0.782. The normalized spacial score (nSPS) is 21.5. The third-order valence-electron chi connectivity index (χ3n) is 1.87. The molecule has 1 aliphatic heterocycles. The molecule has 0 aromatic carbocycles. The predicted octanol–water partition coefficient (Wildman–Crippen LogP) is 0.463. The topological polar surface area (TPSA) is 88.0 Å². The molecular weight excluding hydrogens is 268 g/mol. The zero-order valence-electron chi connectivity index (χ0n) is 8.07. The molecule has 1 heterocycles. The Morgan fingerprint density at radius 2 is 2.47 bits per heavy atom.